The highest BCUT2D eigenvalue weighted by Crippen LogP contribution is 2.36. The first kappa shape index (κ1) is 20.6. The molecule has 0 spiro atoms. The first-order valence-corrected chi connectivity index (χ1v) is 10.5. The lowest BCUT2D eigenvalue weighted by atomic mass is 9.87. The number of piperidine rings is 1. The summed E-state index contributed by atoms with van der Waals surface area (Å²) >= 11 is 0. The number of nitrogens with zero attached hydrogens (tertiary/aromatic N) is 4. The number of hydrogen-bond acceptors (Lipinski definition) is 5. The van der Waals surface area contributed by atoms with Gasteiger partial charge < -0.3 is 25.5 Å². The lowest BCUT2D eigenvalue weighted by molar-refractivity contribution is 0.118. The predicted molar refractivity (Wildman–Crippen MR) is 118 cm³/mol. The molecule has 1 aromatic carbocycles. The van der Waals surface area contributed by atoms with Crippen LogP contribution in [-0.2, 0) is 6.54 Å². The van der Waals surface area contributed by atoms with Crippen molar-refractivity contribution in [1.82, 2.24) is 14.9 Å². The Morgan fingerprint density at radius 3 is 2.97 bits per heavy atom. The van der Waals surface area contributed by atoms with Crippen LogP contribution in [0.4, 0.5) is 0 Å². The molecule has 2 aliphatic rings. The van der Waals surface area contributed by atoms with Gasteiger partial charge in [0.2, 0.25) is 0 Å². The summed E-state index contributed by atoms with van der Waals surface area (Å²) in [6, 6.07) is 6.27. The van der Waals surface area contributed by atoms with Crippen LogP contribution in [0.25, 0.3) is 11.4 Å². The molecule has 0 saturated carbocycles. The van der Waals surface area contributed by atoms with Crippen molar-refractivity contribution in [3.05, 3.63) is 35.7 Å². The predicted octanol–water partition coefficient (Wildman–Crippen LogP) is 1.91. The molecule has 1 fully saturated rings. The van der Waals surface area contributed by atoms with Gasteiger partial charge in [0.15, 0.2) is 5.84 Å². The quantitative estimate of drug-likeness (QED) is 0.529. The number of benzene rings is 1. The van der Waals surface area contributed by atoms with Crippen molar-refractivity contribution in [2.45, 2.75) is 51.8 Å². The molecule has 8 heteroatoms. The van der Waals surface area contributed by atoms with Gasteiger partial charge in [-0.2, -0.15) is 0 Å². The second-order valence-corrected chi connectivity index (χ2v) is 8.21. The molecule has 2 atom stereocenters. The van der Waals surface area contributed by atoms with Crippen molar-refractivity contribution in [1.29, 1.82) is 0 Å². The summed E-state index contributed by atoms with van der Waals surface area (Å²) in [5, 5.41) is 13.6. The second kappa shape index (κ2) is 8.57. The second-order valence-electron chi connectivity index (χ2n) is 8.21. The minimum absolute atomic E-state index is 0.0826. The Morgan fingerprint density at radius 1 is 1.40 bits per heavy atom. The molecule has 0 aliphatic carbocycles. The van der Waals surface area contributed by atoms with Crippen LogP contribution < -0.4 is 15.8 Å². The van der Waals surface area contributed by atoms with Gasteiger partial charge in [-0.05, 0) is 51.4 Å². The number of nitrogens with one attached hydrogen (secondary N) is 1. The van der Waals surface area contributed by atoms with Gasteiger partial charge in [-0.15, -0.1) is 0 Å². The average Bonchev–Trinajstić information content (AvgIpc) is 3.04. The number of aliphatic hydroxyl groups is 1. The van der Waals surface area contributed by atoms with Crippen molar-refractivity contribution in [2.75, 3.05) is 19.7 Å². The summed E-state index contributed by atoms with van der Waals surface area (Å²) < 4.78 is 8.13. The normalized spacial score (nSPS) is 22.3. The van der Waals surface area contributed by atoms with E-state index in [1.165, 1.54) is 0 Å². The van der Waals surface area contributed by atoms with Crippen molar-refractivity contribution in [3.63, 3.8) is 0 Å². The fourth-order valence-electron chi connectivity index (χ4n) is 4.03. The number of nitrogens with two attached hydrogens (primary N) is 1. The van der Waals surface area contributed by atoms with Crippen LogP contribution in [-0.4, -0.2) is 58.2 Å². The SMILES string of the molecule is CC(N)=NC(=NC(C)C)c1cn2c(n1)-c1ccc([C@@H]3CCNC[C@@H]3O)cc1OCC2. The number of aromatic nitrogens is 2. The lowest BCUT2D eigenvalue weighted by Gasteiger charge is -2.29. The summed E-state index contributed by atoms with van der Waals surface area (Å²) in [5.41, 5.74) is 8.56. The number of fused-ring (bicyclic) bond motifs is 3. The molecule has 0 amide bonds. The summed E-state index contributed by atoms with van der Waals surface area (Å²) in [4.78, 5) is 13.8. The number of aliphatic hydroxyl groups excluding tert-OH is 1. The van der Waals surface area contributed by atoms with E-state index in [-0.39, 0.29) is 18.1 Å². The topological polar surface area (TPSA) is 110 Å². The van der Waals surface area contributed by atoms with Crippen LogP contribution >= 0.6 is 0 Å². The molecule has 1 aromatic heterocycles. The van der Waals surface area contributed by atoms with E-state index in [1.54, 1.807) is 6.92 Å². The molecule has 8 nitrogen and oxygen atoms in total. The maximum Gasteiger partial charge on any atom is 0.177 e. The summed E-state index contributed by atoms with van der Waals surface area (Å²) in [5.74, 6) is 2.74. The van der Waals surface area contributed by atoms with Gasteiger partial charge in [0, 0.05) is 24.7 Å². The lowest BCUT2D eigenvalue weighted by Crippen LogP contribution is -2.39. The summed E-state index contributed by atoms with van der Waals surface area (Å²) in [6.45, 7) is 8.51. The van der Waals surface area contributed by atoms with E-state index in [4.69, 9.17) is 15.5 Å². The van der Waals surface area contributed by atoms with Crippen LogP contribution in [0, 0.1) is 0 Å². The van der Waals surface area contributed by atoms with Crippen LogP contribution in [0.2, 0.25) is 0 Å². The highest BCUT2D eigenvalue weighted by Gasteiger charge is 2.27. The first-order valence-electron chi connectivity index (χ1n) is 10.5. The Labute approximate surface area is 176 Å². The van der Waals surface area contributed by atoms with Gasteiger partial charge in [0.05, 0.1) is 24.0 Å². The minimum Gasteiger partial charge on any atom is -0.491 e. The van der Waals surface area contributed by atoms with Crippen LogP contribution in [0.1, 0.15) is 44.4 Å². The monoisotopic (exact) mass is 410 g/mol. The van der Waals surface area contributed by atoms with Crippen molar-refractivity contribution >= 4 is 11.7 Å². The van der Waals surface area contributed by atoms with Crippen LogP contribution in [0.5, 0.6) is 5.75 Å². The maximum atomic E-state index is 10.4. The van der Waals surface area contributed by atoms with Crippen molar-refractivity contribution < 1.29 is 9.84 Å². The zero-order chi connectivity index (χ0) is 21.3. The Hall–Kier alpha value is -2.71. The number of amidine groups is 2. The van der Waals surface area contributed by atoms with Gasteiger partial charge in [0.1, 0.15) is 23.9 Å². The van der Waals surface area contributed by atoms with E-state index >= 15 is 0 Å². The molecule has 0 unspecified atom stereocenters. The third-order valence-electron chi connectivity index (χ3n) is 5.38. The number of aliphatic imine (C=N–C) groups is 2. The van der Waals surface area contributed by atoms with Gasteiger partial charge in [-0.1, -0.05) is 6.07 Å². The Bertz CT molecular complexity index is 974. The Kier molecular flexibility index (Phi) is 5.87. The molecule has 30 heavy (non-hydrogen) atoms. The fraction of sp³-hybridized carbons (Fsp3) is 0.500. The minimum atomic E-state index is -0.386. The number of hydrogen-bond donors (Lipinski definition) is 3. The molecule has 4 rings (SSSR count). The van der Waals surface area contributed by atoms with Crippen molar-refractivity contribution in [3.8, 4) is 17.1 Å². The molecule has 160 valence electrons. The van der Waals surface area contributed by atoms with E-state index in [2.05, 4.69) is 32.0 Å². The van der Waals surface area contributed by atoms with Crippen LogP contribution in [0.15, 0.2) is 34.4 Å². The molecule has 2 aliphatic heterocycles. The Morgan fingerprint density at radius 2 is 2.23 bits per heavy atom. The van der Waals surface area contributed by atoms with E-state index in [0.717, 1.165) is 35.7 Å². The number of imidazole rings is 1. The van der Waals surface area contributed by atoms with Gasteiger partial charge in [-0.3, -0.25) is 4.99 Å². The van der Waals surface area contributed by atoms with E-state index < -0.39 is 0 Å². The largest absolute Gasteiger partial charge is 0.491 e. The number of rotatable bonds is 3. The molecule has 1 saturated heterocycles. The first-order chi connectivity index (χ1) is 14.4. The zero-order valence-electron chi connectivity index (χ0n) is 17.8. The standard InChI is InChI=1S/C22H30N6O2/c1-13(2)25-21(26-14(3)23)18-12-28-8-9-30-20-10-15(4-5-17(20)22(28)27-18)16-6-7-24-11-19(16)29/h4-5,10,12-13,16,19,24,29H,6-9,11H2,1-3H3,(H2,23,25,26)/t16-,19-/m0/s1. The summed E-state index contributed by atoms with van der Waals surface area (Å²) in [7, 11) is 0. The van der Waals surface area contributed by atoms with Crippen molar-refractivity contribution in [2.24, 2.45) is 15.7 Å². The van der Waals surface area contributed by atoms with E-state index in [1.807, 2.05) is 26.1 Å². The number of ether oxygens (including phenoxy) is 1. The molecular formula is C22H30N6O2. The molecule has 0 radical (unpaired) electrons. The molecule has 3 heterocycles. The van der Waals surface area contributed by atoms with Gasteiger partial charge in [-0.25, -0.2) is 9.98 Å². The van der Waals surface area contributed by atoms with E-state index in [9.17, 15) is 5.11 Å². The molecule has 2 aromatic rings. The third kappa shape index (κ3) is 4.24. The fourth-order valence-corrected chi connectivity index (χ4v) is 4.03. The summed E-state index contributed by atoms with van der Waals surface area (Å²) in [6.07, 6.45) is 2.49. The third-order valence-corrected chi connectivity index (χ3v) is 5.38. The highest BCUT2D eigenvalue weighted by molar-refractivity contribution is 6.04. The van der Waals surface area contributed by atoms with Gasteiger partial charge in [0.25, 0.3) is 0 Å². The molecular weight excluding hydrogens is 380 g/mol. The number of β-amino-alcohol motifs (C(OH)–C–C–N with tert-alkyl or cyclic N) is 1. The van der Waals surface area contributed by atoms with Gasteiger partial charge >= 0.3 is 0 Å². The highest BCUT2D eigenvalue weighted by atomic mass is 16.5. The average molecular weight is 411 g/mol. The molecule has 4 N–H and O–H groups in total. The van der Waals surface area contributed by atoms with Crippen LogP contribution in [0.3, 0.4) is 0 Å². The maximum absolute atomic E-state index is 10.4. The smallest absolute Gasteiger partial charge is 0.177 e. The Balaban J connectivity index is 1.73. The molecule has 0 bridgehead atoms. The zero-order valence-corrected chi connectivity index (χ0v) is 17.8. The van der Waals surface area contributed by atoms with E-state index in [0.29, 0.717) is 37.1 Å².